The third-order valence-electron chi connectivity index (χ3n) is 7.20. The number of nitriles is 1. The fraction of sp³-hybridized carbons (Fsp3) is 0.156. The molecule has 2 N–H and O–H groups in total. The second kappa shape index (κ2) is 11.8. The maximum atomic E-state index is 13.8. The van der Waals surface area contributed by atoms with Crippen LogP contribution in [0, 0.1) is 11.3 Å². The van der Waals surface area contributed by atoms with Gasteiger partial charge in [0.05, 0.1) is 29.4 Å². The molecule has 3 amide bonds. The Hall–Kier alpha value is -4.72. The van der Waals surface area contributed by atoms with E-state index in [4.69, 9.17) is 23.2 Å². The molecular formula is C32H24Cl2F3N5O2. The zero-order valence-electron chi connectivity index (χ0n) is 23.3. The van der Waals surface area contributed by atoms with Gasteiger partial charge in [0.25, 0.3) is 5.91 Å². The standard InChI is InChI=1S/C32H24Cl2F3N5O2/c1-31(2)29(43)42(26-13-3-19(17-38)27(16-26)32(35,36)37)30(44)41(31)18-20-15-25(39-23-8-4-21(33)5-9-23)12-14-28(20)40-24-10-6-22(34)7-11-24/h3-16,39-40H,18H2,1-2H3. The van der Waals surface area contributed by atoms with Crippen LogP contribution in [-0.4, -0.2) is 22.4 Å². The minimum atomic E-state index is -4.86. The first-order chi connectivity index (χ1) is 20.8. The molecule has 44 heavy (non-hydrogen) atoms. The van der Waals surface area contributed by atoms with E-state index in [1.54, 1.807) is 48.5 Å². The smallest absolute Gasteiger partial charge is 0.356 e. The summed E-state index contributed by atoms with van der Waals surface area (Å²) in [5.74, 6) is -0.706. The van der Waals surface area contributed by atoms with Gasteiger partial charge in [0, 0.05) is 32.8 Å². The molecule has 5 rings (SSSR count). The molecule has 0 atom stereocenters. The minimum absolute atomic E-state index is 0.0669. The molecular weight excluding hydrogens is 614 g/mol. The molecule has 1 heterocycles. The van der Waals surface area contributed by atoms with Crippen LogP contribution in [0.2, 0.25) is 10.0 Å². The Labute approximate surface area is 261 Å². The number of hydrogen-bond acceptors (Lipinski definition) is 5. The summed E-state index contributed by atoms with van der Waals surface area (Å²) in [6.07, 6.45) is -4.86. The topological polar surface area (TPSA) is 88.5 Å². The maximum Gasteiger partial charge on any atom is 0.417 e. The molecule has 4 aromatic carbocycles. The zero-order chi connectivity index (χ0) is 31.8. The fourth-order valence-electron chi connectivity index (χ4n) is 4.82. The lowest BCUT2D eigenvalue weighted by Gasteiger charge is -2.29. The van der Waals surface area contributed by atoms with Crippen molar-refractivity contribution in [3.05, 3.63) is 112 Å². The van der Waals surface area contributed by atoms with Crippen molar-refractivity contribution in [2.24, 2.45) is 0 Å². The highest BCUT2D eigenvalue weighted by Crippen LogP contribution is 2.39. The summed E-state index contributed by atoms with van der Waals surface area (Å²) in [5, 5.41) is 16.9. The van der Waals surface area contributed by atoms with Crippen LogP contribution in [0.5, 0.6) is 0 Å². The summed E-state index contributed by atoms with van der Waals surface area (Å²) in [6.45, 7) is 3.00. The van der Waals surface area contributed by atoms with Crippen LogP contribution in [0.25, 0.3) is 0 Å². The molecule has 0 spiro atoms. The molecule has 1 saturated heterocycles. The molecule has 0 saturated carbocycles. The average molecular weight is 638 g/mol. The molecule has 0 aromatic heterocycles. The second-order valence-corrected chi connectivity index (χ2v) is 11.4. The number of imide groups is 1. The Bertz CT molecular complexity index is 1790. The minimum Gasteiger partial charge on any atom is -0.356 e. The molecule has 0 radical (unpaired) electrons. The summed E-state index contributed by atoms with van der Waals surface area (Å²) in [6, 6.07) is 23.0. The lowest BCUT2D eigenvalue weighted by Crippen LogP contribution is -2.43. The normalized spacial score (nSPS) is 14.5. The lowest BCUT2D eigenvalue weighted by atomic mass is 10.0. The molecule has 12 heteroatoms. The number of carbonyl (C=O) groups is 2. The van der Waals surface area contributed by atoms with Crippen LogP contribution in [0.15, 0.2) is 84.9 Å². The number of amides is 3. The van der Waals surface area contributed by atoms with Gasteiger partial charge in [-0.3, -0.25) is 4.79 Å². The van der Waals surface area contributed by atoms with E-state index in [1.807, 2.05) is 18.2 Å². The highest BCUT2D eigenvalue weighted by Gasteiger charge is 2.52. The van der Waals surface area contributed by atoms with Crippen LogP contribution in [0.1, 0.15) is 30.5 Å². The number of alkyl halides is 3. The number of urea groups is 1. The van der Waals surface area contributed by atoms with E-state index in [0.29, 0.717) is 33.0 Å². The number of halogens is 5. The number of anilines is 5. The first-order valence-electron chi connectivity index (χ1n) is 13.2. The van der Waals surface area contributed by atoms with Crippen molar-refractivity contribution in [1.29, 1.82) is 5.26 Å². The first kappa shape index (κ1) is 30.7. The van der Waals surface area contributed by atoms with Crippen molar-refractivity contribution in [2.75, 3.05) is 15.5 Å². The number of nitrogens with one attached hydrogen (secondary N) is 2. The number of rotatable bonds is 7. The highest BCUT2D eigenvalue weighted by atomic mass is 35.5. The Morgan fingerprint density at radius 3 is 1.95 bits per heavy atom. The Balaban J connectivity index is 1.52. The summed E-state index contributed by atoms with van der Waals surface area (Å²) in [7, 11) is 0. The van der Waals surface area contributed by atoms with Gasteiger partial charge in [-0.1, -0.05) is 23.2 Å². The van der Waals surface area contributed by atoms with E-state index in [1.165, 1.54) is 24.8 Å². The van der Waals surface area contributed by atoms with Gasteiger partial charge in [0.1, 0.15) is 5.54 Å². The van der Waals surface area contributed by atoms with Crippen molar-refractivity contribution >= 4 is 63.6 Å². The van der Waals surface area contributed by atoms with E-state index in [-0.39, 0.29) is 12.2 Å². The van der Waals surface area contributed by atoms with Gasteiger partial charge in [-0.05, 0) is 104 Å². The number of benzene rings is 4. The molecule has 1 fully saturated rings. The monoisotopic (exact) mass is 637 g/mol. The van der Waals surface area contributed by atoms with E-state index in [0.717, 1.165) is 28.4 Å². The zero-order valence-corrected chi connectivity index (χ0v) is 24.8. The predicted octanol–water partition coefficient (Wildman–Crippen LogP) is 9.12. The van der Waals surface area contributed by atoms with Crippen LogP contribution < -0.4 is 15.5 Å². The highest BCUT2D eigenvalue weighted by molar-refractivity contribution is 6.31. The summed E-state index contributed by atoms with van der Waals surface area (Å²) in [5.41, 5.74) is -0.134. The van der Waals surface area contributed by atoms with E-state index in [2.05, 4.69) is 10.6 Å². The fourth-order valence-corrected chi connectivity index (χ4v) is 5.07. The van der Waals surface area contributed by atoms with Crippen LogP contribution in [0.4, 0.5) is 46.4 Å². The van der Waals surface area contributed by atoms with Crippen LogP contribution in [-0.2, 0) is 17.5 Å². The number of hydrogen-bond donors (Lipinski definition) is 2. The van der Waals surface area contributed by atoms with Gasteiger partial charge in [-0.25, -0.2) is 9.69 Å². The van der Waals surface area contributed by atoms with Crippen molar-refractivity contribution in [3.63, 3.8) is 0 Å². The molecule has 1 aliphatic heterocycles. The third-order valence-corrected chi connectivity index (χ3v) is 7.70. The molecule has 224 valence electrons. The SMILES string of the molecule is CC1(C)C(=O)N(c2ccc(C#N)c(C(F)(F)F)c2)C(=O)N1Cc1cc(Nc2ccc(Cl)cc2)ccc1Nc1ccc(Cl)cc1. The molecule has 4 aromatic rings. The number of nitrogens with zero attached hydrogens (tertiary/aromatic N) is 3. The van der Waals surface area contributed by atoms with Crippen molar-refractivity contribution in [3.8, 4) is 6.07 Å². The van der Waals surface area contributed by atoms with Gasteiger partial charge in [-0.15, -0.1) is 0 Å². The van der Waals surface area contributed by atoms with Gasteiger partial charge in [0.2, 0.25) is 0 Å². The summed E-state index contributed by atoms with van der Waals surface area (Å²) >= 11 is 12.1. The summed E-state index contributed by atoms with van der Waals surface area (Å²) < 4.78 is 41.1. The Morgan fingerprint density at radius 1 is 0.818 bits per heavy atom. The second-order valence-electron chi connectivity index (χ2n) is 10.5. The van der Waals surface area contributed by atoms with Gasteiger partial charge in [0.15, 0.2) is 0 Å². The van der Waals surface area contributed by atoms with Crippen molar-refractivity contribution in [1.82, 2.24) is 4.90 Å². The van der Waals surface area contributed by atoms with E-state index >= 15 is 0 Å². The average Bonchev–Trinajstić information content (AvgIpc) is 3.14. The van der Waals surface area contributed by atoms with E-state index in [9.17, 15) is 28.0 Å². The first-order valence-corrected chi connectivity index (χ1v) is 14.0. The Morgan fingerprint density at radius 2 is 1.39 bits per heavy atom. The predicted molar refractivity (Wildman–Crippen MR) is 165 cm³/mol. The quantitative estimate of drug-likeness (QED) is 0.197. The number of carbonyl (C=O) groups excluding carboxylic acids is 2. The van der Waals surface area contributed by atoms with Crippen molar-refractivity contribution < 1.29 is 22.8 Å². The molecule has 0 aliphatic carbocycles. The molecule has 0 bridgehead atoms. The van der Waals surface area contributed by atoms with Crippen molar-refractivity contribution in [2.45, 2.75) is 32.1 Å². The maximum absolute atomic E-state index is 13.8. The third kappa shape index (κ3) is 6.16. The largest absolute Gasteiger partial charge is 0.417 e. The van der Waals surface area contributed by atoms with E-state index < -0.39 is 34.8 Å². The molecule has 1 aliphatic rings. The lowest BCUT2D eigenvalue weighted by molar-refractivity contribution is -0.137. The summed E-state index contributed by atoms with van der Waals surface area (Å²) in [4.78, 5) is 29.4. The van der Waals surface area contributed by atoms with Gasteiger partial charge < -0.3 is 15.5 Å². The van der Waals surface area contributed by atoms with Crippen LogP contribution >= 0.6 is 23.2 Å². The Kier molecular flexibility index (Phi) is 8.21. The van der Waals surface area contributed by atoms with Gasteiger partial charge in [-0.2, -0.15) is 18.4 Å². The molecule has 0 unspecified atom stereocenters. The van der Waals surface area contributed by atoms with Gasteiger partial charge >= 0.3 is 12.2 Å². The molecule has 7 nitrogen and oxygen atoms in total. The van der Waals surface area contributed by atoms with Crippen LogP contribution in [0.3, 0.4) is 0 Å².